The van der Waals surface area contributed by atoms with Gasteiger partial charge in [0, 0.05) is 30.3 Å². The van der Waals surface area contributed by atoms with Crippen LogP contribution >= 0.6 is 0 Å². The first-order valence-corrected chi connectivity index (χ1v) is 10.6. The van der Waals surface area contributed by atoms with E-state index in [1.54, 1.807) is 41.9 Å². The lowest BCUT2D eigenvalue weighted by Gasteiger charge is -2.15. The maximum atomic E-state index is 13.3. The SMILES string of the molecule is Cn1c2ccccc2c(=O)c2cc3c(cc21)c(=O)c1c(S(=O)(=O)O)cccc1n3C. The van der Waals surface area contributed by atoms with E-state index in [-0.39, 0.29) is 16.2 Å². The van der Waals surface area contributed by atoms with Crippen LogP contribution in [-0.4, -0.2) is 22.1 Å². The van der Waals surface area contributed by atoms with Crippen LogP contribution in [0.2, 0.25) is 0 Å². The molecule has 8 heteroatoms. The number of aromatic nitrogens is 2. The first-order chi connectivity index (χ1) is 14.2. The number of nitrogens with zero attached hydrogens (tertiary/aromatic N) is 2. The zero-order chi connectivity index (χ0) is 21.4. The van der Waals surface area contributed by atoms with E-state index in [0.717, 1.165) is 5.52 Å². The van der Waals surface area contributed by atoms with Crippen molar-refractivity contribution < 1.29 is 13.0 Å². The minimum atomic E-state index is -4.59. The number of para-hydroxylation sites is 1. The van der Waals surface area contributed by atoms with E-state index in [1.807, 2.05) is 23.7 Å². The summed E-state index contributed by atoms with van der Waals surface area (Å²) in [5.41, 5.74) is 1.48. The molecule has 30 heavy (non-hydrogen) atoms. The Hall–Kier alpha value is -3.49. The number of aryl methyl sites for hydroxylation is 2. The van der Waals surface area contributed by atoms with E-state index < -0.39 is 20.4 Å². The zero-order valence-corrected chi connectivity index (χ0v) is 16.9. The third-order valence-corrected chi connectivity index (χ3v) is 6.60. The number of pyridine rings is 2. The summed E-state index contributed by atoms with van der Waals surface area (Å²) in [6.45, 7) is 0. The third kappa shape index (κ3) is 2.38. The predicted molar refractivity (Wildman–Crippen MR) is 117 cm³/mol. The zero-order valence-electron chi connectivity index (χ0n) is 16.1. The van der Waals surface area contributed by atoms with Gasteiger partial charge in [0.15, 0.2) is 10.9 Å². The van der Waals surface area contributed by atoms with Gasteiger partial charge < -0.3 is 9.13 Å². The van der Waals surface area contributed by atoms with Crippen molar-refractivity contribution in [2.75, 3.05) is 0 Å². The summed E-state index contributed by atoms with van der Waals surface area (Å²) in [5.74, 6) is 0. The van der Waals surface area contributed by atoms with Gasteiger partial charge in [-0.3, -0.25) is 14.1 Å². The Morgan fingerprint density at radius 3 is 1.93 bits per heavy atom. The topological polar surface area (TPSA) is 98.4 Å². The summed E-state index contributed by atoms with van der Waals surface area (Å²) in [6.07, 6.45) is 0. The molecule has 0 amide bonds. The Labute approximate surface area is 170 Å². The maximum absolute atomic E-state index is 13.3. The van der Waals surface area contributed by atoms with Gasteiger partial charge in [-0.05, 0) is 36.4 Å². The van der Waals surface area contributed by atoms with Crippen LogP contribution in [0, 0.1) is 0 Å². The summed E-state index contributed by atoms with van der Waals surface area (Å²) in [5, 5.41) is 1.22. The summed E-state index contributed by atoms with van der Waals surface area (Å²) in [7, 11) is -1.09. The first-order valence-electron chi connectivity index (χ1n) is 9.14. The summed E-state index contributed by atoms with van der Waals surface area (Å²) in [6, 6.07) is 14.8. The van der Waals surface area contributed by atoms with Crippen molar-refractivity contribution in [1.82, 2.24) is 9.13 Å². The molecule has 2 aromatic heterocycles. The lowest BCUT2D eigenvalue weighted by Crippen LogP contribution is -2.15. The van der Waals surface area contributed by atoms with Crippen LogP contribution in [-0.2, 0) is 24.2 Å². The van der Waals surface area contributed by atoms with Crippen molar-refractivity contribution in [3.8, 4) is 0 Å². The second-order valence-corrected chi connectivity index (χ2v) is 8.70. The van der Waals surface area contributed by atoms with Gasteiger partial charge in [0.2, 0.25) is 0 Å². The molecule has 7 nitrogen and oxygen atoms in total. The van der Waals surface area contributed by atoms with Gasteiger partial charge in [0.1, 0.15) is 4.90 Å². The number of benzene rings is 3. The second-order valence-electron chi connectivity index (χ2n) is 7.31. The average Bonchev–Trinajstić information content (AvgIpc) is 2.74. The molecule has 150 valence electrons. The molecule has 0 aliphatic heterocycles. The van der Waals surface area contributed by atoms with Crippen molar-refractivity contribution in [3.63, 3.8) is 0 Å². The minimum Gasteiger partial charge on any atom is -0.343 e. The van der Waals surface area contributed by atoms with E-state index in [9.17, 15) is 22.6 Å². The molecule has 0 aliphatic carbocycles. The summed E-state index contributed by atoms with van der Waals surface area (Å²) < 4.78 is 36.9. The van der Waals surface area contributed by atoms with E-state index in [4.69, 9.17) is 0 Å². The van der Waals surface area contributed by atoms with Gasteiger partial charge >= 0.3 is 0 Å². The highest BCUT2D eigenvalue weighted by Crippen LogP contribution is 2.27. The summed E-state index contributed by atoms with van der Waals surface area (Å²) in [4.78, 5) is 26.0. The van der Waals surface area contributed by atoms with Crippen LogP contribution in [0.25, 0.3) is 43.6 Å². The van der Waals surface area contributed by atoms with Gasteiger partial charge in [0.25, 0.3) is 10.1 Å². The molecule has 0 atom stereocenters. The van der Waals surface area contributed by atoms with Crippen LogP contribution < -0.4 is 10.9 Å². The number of fused-ring (bicyclic) bond motifs is 4. The Kier molecular flexibility index (Phi) is 3.71. The standard InChI is InChI=1S/C22H16N2O5S/c1-23-15-7-4-3-6-12(15)21(25)13-10-18-14(11-17(13)23)22(26)20-16(24(18)2)8-5-9-19(20)30(27,28)29/h3-11H,1-2H3,(H,27,28,29). The molecule has 0 fully saturated rings. The quantitative estimate of drug-likeness (QED) is 0.332. The lowest BCUT2D eigenvalue weighted by atomic mass is 10.0. The van der Waals surface area contributed by atoms with Gasteiger partial charge in [0.05, 0.1) is 27.5 Å². The molecule has 2 heterocycles. The summed E-state index contributed by atoms with van der Waals surface area (Å²) >= 11 is 0. The molecule has 0 radical (unpaired) electrons. The molecule has 1 N–H and O–H groups in total. The van der Waals surface area contributed by atoms with Crippen molar-refractivity contribution >= 4 is 53.7 Å². The molecule has 0 bridgehead atoms. The Morgan fingerprint density at radius 1 is 0.700 bits per heavy atom. The van der Waals surface area contributed by atoms with Gasteiger partial charge in [-0.1, -0.05) is 18.2 Å². The smallest absolute Gasteiger partial charge is 0.295 e. The van der Waals surface area contributed by atoms with Crippen molar-refractivity contribution in [1.29, 1.82) is 0 Å². The second kappa shape index (κ2) is 6.01. The van der Waals surface area contributed by atoms with Crippen molar-refractivity contribution in [2.24, 2.45) is 14.1 Å². The Morgan fingerprint density at radius 2 is 1.27 bits per heavy atom. The van der Waals surface area contributed by atoms with Crippen LogP contribution in [0.15, 0.2) is 69.1 Å². The molecule has 0 aliphatic rings. The number of hydrogen-bond acceptors (Lipinski definition) is 4. The normalized spacial score (nSPS) is 12.4. The molecule has 0 saturated carbocycles. The molecule has 0 unspecified atom stereocenters. The molecule has 5 rings (SSSR count). The molecular formula is C22H16N2O5S. The van der Waals surface area contributed by atoms with Crippen molar-refractivity contribution in [2.45, 2.75) is 4.90 Å². The lowest BCUT2D eigenvalue weighted by molar-refractivity contribution is 0.484. The fourth-order valence-corrected chi connectivity index (χ4v) is 4.94. The first kappa shape index (κ1) is 18.5. The van der Waals surface area contributed by atoms with E-state index in [2.05, 4.69) is 0 Å². The molecular weight excluding hydrogens is 404 g/mol. The van der Waals surface area contributed by atoms with Crippen LogP contribution in [0.3, 0.4) is 0 Å². The molecule has 0 spiro atoms. The van der Waals surface area contributed by atoms with E-state index >= 15 is 0 Å². The van der Waals surface area contributed by atoms with Crippen LogP contribution in [0.4, 0.5) is 0 Å². The van der Waals surface area contributed by atoms with Gasteiger partial charge in [-0.2, -0.15) is 8.42 Å². The fraction of sp³-hybridized carbons (Fsp3) is 0.0909. The van der Waals surface area contributed by atoms with E-state index in [1.165, 1.54) is 12.1 Å². The Balaban J connectivity index is 2.10. The monoisotopic (exact) mass is 420 g/mol. The van der Waals surface area contributed by atoms with Gasteiger partial charge in [-0.25, -0.2) is 0 Å². The number of rotatable bonds is 1. The predicted octanol–water partition coefficient (Wildman–Crippen LogP) is 2.94. The van der Waals surface area contributed by atoms with E-state index in [0.29, 0.717) is 27.3 Å². The average molecular weight is 420 g/mol. The van der Waals surface area contributed by atoms with Gasteiger partial charge in [-0.15, -0.1) is 0 Å². The molecule has 0 saturated heterocycles. The highest BCUT2D eigenvalue weighted by atomic mass is 32.2. The third-order valence-electron chi connectivity index (χ3n) is 5.71. The largest absolute Gasteiger partial charge is 0.343 e. The minimum absolute atomic E-state index is 0.0832. The number of hydrogen-bond donors (Lipinski definition) is 1. The van der Waals surface area contributed by atoms with Crippen molar-refractivity contribution in [3.05, 3.63) is 75.0 Å². The maximum Gasteiger partial charge on any atom is 0.295 e. The van der Waals surface area contributed by atoms with Crippen LogP contribution in [0.1, 0.15) is 0 Å². The Bertz CT molecular complexity index is 1780. The highest BCUT2D eigenvalue weighted by molar-refractivity contribution is 7.86. The fourth-order valence-electron chi connectivity index (χ4n) is 4.24. The van der Waals surface area contributed by atoms with Crippen LogP contribution in [0.5, 0.6) is 0 Å². The molecule has 3 aromatic carbocycles. The highest BCUT2D eigenvalue weighted by Gasteiger charge is 2.20. The molecule has 5 aromatic rings.